The van der Waals surface area contributed by atoms with Crippen LogP contribution in [0.2, 0.25) is 0 Å². The number of ether oxygens (including phenoxy) is 1. The van der Waals surface area contributed by atoms with Crippen molar-refractivity contribution in [3.05, 3.63) is 54.1 Å². The van der Waals surface area contributed by atoms with Crippen LogP contribution in [-0.2, 0) is 4.79 Å². The molecule has 162 valence electrons. The summed E-state index contributed by atoms with van der Waals surface area (Å²) in [5.41, 5.74) is 7.16. The van der Waals surface area contributed by atoms with E-state index in [9.17, 15) is 9.59 Å². The molecule has 1 aliphatic heterocycles. The van der Waals surface area contributed by atoms with Crippen LogP contribution in [0.15, 0.2) is 42.7 Å². The summed E-state index contributed by atoms with van der Waals surface area (Å²) in [5, 5.41) is 5.80. The third-order valence-electron chi connectivity index (χ3n) is 5.33. The van der Waals surface area contributed by atoms with Crippen molar-refractivity contribution in [2.24, 2.45) is 5.73 Å². The monoisotopic (exact) mass is 431 g/mol. The van der Waals surface area contributed by atoms with Gasteiger partial charge < -0.3 is 21.1 Å². The highest BCUT2D eigenvalue weighted by molar-refractivity contribution is 5.92. The van der Waals surface area contributed by atoms with Crippen molar-refractivity contribution in [3.8, 4) is 23.0 Å². The third-order valence-corrected chi connectivity index (χ3v) is 5.33. The highest BCUT2D eigenvalue weighted by atomic mass is 16.5. The highest BCUT2D eigenvalue weighted by Gasteiger charge is 2.26. The van der Waals surface area contributed by atoms with Crippen LogP contribution in [0, 0.1) is 0 Å². The van der Waals surface area contributed by atoms with Gasteiger partial charge in [0.15, 0.2) is 5.82 Å². The SMILES string of the molecule is NC(=O)c1cc(N[C@H]2CCNC2=O)nc(-c2ccc(Oc3cnc(C4CC4)cn3)cc2)n1. The predicted molar refractivity (Wildman–Crippen MR) is 115 cm³/mol. The number of nitrogens with one attached hydrogen (secondary N) is 2. The van der Waals surface area contributed by atoms with E-state index in [0.29, 0.717) is 47.7 Å². The number of hydrogen-bond donors (Lipinski definition) is 3. The number of carbonyl (C=O) groups is 2. The molecule has 3 heterocycles. The zero-order valence-corrected chi connectivity index (χ0v) is 17.1. The lowest BCUT2D eigenvalue weighted by Crippen LogP contribution is -2.30. The van der Waals surface area contributed by atoms with Gasteiger partial charge in [0, 0.05) is 24.1 Å². The van der Waals surface area contributed by atoms with Crippen LogP contribution in [0.5, 0.6) is 11.6 Å². The quantitative estimate of drug-likeness (QED) is 0.515. The lowest BCUT2D eigenvalue weighted by molar-refractivity contribution is -0.119. The Bertz CT molecular complexity index is 1160. The van der Waals surface area contributed by atoms with E-state index in [4.69, 9.17) is 10.5 Å². The van der Waals surface area contributed by atoms with E-state index in [1.54, 1.807) is 36.7 Å². The summed E-state index contributed by atoms with van der Waals surface area (Å²) in [4.78, 5) is 41.0. The van der Waals surface area contributed by atoms with E-state index in [1.807, 2.05) is 0 Å². The van der Waals surface area contributed by atoms with Gasteiger partial charge in [-0.15, -0.1) is 0 Å². The Morgan fingerprint density at radius 2 is 1.91 bits per heavy atom. The van der Waals surface area contributed by atoms with Crippen molar-refractivity contribution in [1.29, 1.82) is 0 Å². The van der Waals surface area contributed by atoms with Gasteiger partial charge in [-0.3, -0.25) is 14.6 Å². The average molecular weight is 431 g/mol. The number of benzene rings is 1. The van der Waals surface area contributed by atoms with Crippen LogP contribution in [0.1, 0.15) is 41.4 Å². The fourth-order valence-electron chi connectivity index (χ4n) is 3.45. The van der Waals surface area contributed by atoms with Crippen molar-refractivity contribution in [2.45, 2.75) is 31.2 Å². The summed E-state index contributed by atoms with van der Waals surface area (Å²) >= 11 is 0. The molecule has 0 bridgehead atoms. The standard InChI is InChI=1S/C22H21N7O3/c23-20(30)16-9-18(27-15-7-8-24-22(15)31)29-21(28-16)13-3-5-14(6-4-13)32-19-11-25-17(10-26-19)12-1-2-12/h3-6,9-12,15H,1-2,7-8H2,(H2,23,30)(H,24,31)(H,27,28,29)/t15-/m0/s1. The first-order chi connectivity index (χ1) is 15.5. The maximum Gasteiger partial charge on any atom is 0.267 e. The van der Waals surface area contributed by atoms with Gasteiger partial charge in [0.2, 0.25) is 11.8 Å². The maximum absolute atomic E-state index is 11.9. The number of aromatic nitrogens is 4. The molecule has 32 heavy (non-hydrogen) atoms. The third kappa shape index (κ3) is 4.34. The fourth-order valence-corrected chi connectivity index (χ4v) is 3.45. The van der Waals surface area contributed by atoms with Gasteiger partial charge in [-0.2, -0.15) is 0 Å². The van der Waals surface area contributed by atoms with Gasteiger partial charge in [-0.1, -0.05) is 0 Å². The molecule has 0 unspecified atom stereocenters. The zero-order chi connectivity index (χ0) is 22.1. The summed E-state index contributed by atoms with van der Waals surface area (Å²) in [7, 11) is 0. The number of rotatable bonds is 7. The van der Waals surface area contributed by atoms with Crippen LogP contribution in [0.25, 0.3) is 11.4 Å². The van der Waals surface area contributed by atoms with Gasteiger partial charge in [0.25, 0.3) is 5.91 Å². The molecule has 10 heteroatoms. The molecular weight excluding hydrogens is 410 g/mol. The lowest BCUT2D eigenvalue weighted by Gasteiger charge is -2.13. The number of primary amides is 1. The van der Waals surface area contributed by atoms with Crippen molar-refractivity contribution < 1.29 is 14.3 Å². The molecule has 1 saturated carbocycles. The number of nitrogens with zero attached hydrogens (tertiary/aromatic N) is 4. The number of nitrogens with two attached hydrogens (primary N) is 1. The summed E-state index contributed by atoms with van der Waals surface area (Å²) in [6.45, 7) is 0.590. The molecule has 1 aliphatic carbocycles. The minimum atomic E-state index is -0.680. The van der Waals surface area contributed by atoms with E-state index >= 15 is 0 Å². The Balaban J connectivity index is 1.35. The second-order valence-corrected chi connectivity index (χ2v) is 7.78. The number of carbonyl (C=O) groups excluding carboxylic acids is 2. The first-order valence-electron chi connectivity index (χ1n) is 10.4. The Morgan fingerprint density at radius 1 is 1.09 bits per heavy atom. The second-order valence-electron chi connectivity index (χ2n) is 7.78. The minimum Gasteiger partial charge on any atom is -0.438 e. The topological polar surface area (TPSA) is 145 Å². The van der Waals surface area contributed by atoms with Crippen LogP contribution < -0.4 is 21.1 Å². The molecule has 10 nitrogen and oxygen atoms in total. The zero-order valence-electron chi connectivity index (χ0n) is 17.1. The largest absolute Gasteiger partial charge is 0.438 e. The molecular formula is C22H21N7O3. The van der Waals surface area contributed by atoms with E-state index in [1.165, 1.54) is 18.9 Å². The highest BCUT2D eigenvalue weighted by Crippen LogP contribution is 2.38. The Morgan fingerprint density at radius 3 is 2.53 bits per heavy atom. The lowest BCUT2D eigenvalue weighted by atomic mass is 10.2. The molecule has 3 aromatic rings. The van der Waals surface area contributed by atoms with E-state index in [2.05, 4.69) is 30.6 Å². The number of hydrogen-bond acceptors (Lipinski definition) is 8. The Hall–Kier alpha value is -4.08. The van der Waals surface area contributed by atoms with E-state index in [0.717, 1.165) is 5.69 Å². The van der Waals surface area contributed by atoms with Crippen LogP contribution in [0.4, 0.5) is 5.82 Å². The summed E-state index contributed by atoms with van der Waals surface area (Å²) < 4.78 is 5.77. The van der Waals surface area contributed by atoms with Crippen LogP contribution in [-0.4, -0.2) is 44.3 Å². The molecule has 1 atom stereocenters. The molecule has 1 saturated heterocycles. The molecule has 2 fully saturated rings. The molecule has 5 rings (SSSR count). The molecule has 4 N–H and O–H groups in total. The second kappa shape index (κ2) is 8.22. The fraction of sp³-hybridized carbons (Fsp3) is 0.273. The molecule has 0 spiro atoms. The average Bonchev–Trinajstić information content (AvgIpc) is 3.58. The summed E-state index contributed by atoms with van der Waals surface area (Å²) in [5.74, 6) is 1.40. The van der Waals surface area contributed by atoms with Gasteiger partial charge in [0.1, 0.15) is 23.3 Å². The summed E-state index contributed by atoms with van der Waals surface area (Å²) in [6, 6.07) is 8.08. The van der Waals surface area contributed by atoms with E-state index < -0.39 is 11.9 Å². The molecule has 1 aromatic carbocycles. The number of amides is 2. The van der Waals surface area contributed by atoms with Crippen molar-refractivity contribution in [1.82, 2.24) is 25.3 Å². The van der Waals surface area contributed by atoms with E-state index in [-0.39, 0.29) is 11.6 Å². The predicted octanol–water partition coefficient (Wildman–Crippen LogP) is 2.00. The maximum atomic E-state index is 11.9. The van der Waals surface area contributed by atoms with Gasteiger partial charge in [-0.25, -0.2) is 15.0 Å². The van der Waals surface area contributed by atoms with Gasteiger partial charge in [0.05, 0.1) is 18.1 Å². The number of anilines is 1. The van der Waals surface area contributed by atoms with Crippen molar-refractivity contribution in [2.75, 3.05) is 11.9 Å². The molecule has 2 aromatic heterocycles. The van der Waals surface area contributed by atoms with Crippen LogP contribution in [0.3, 0.4) is 0 Å². The molecule has 2 amide bonds. The molecule has 0 radical (unpaired) electrons. The normalized spacial score (nSPS) is 17.6. The first kappa shape index (κ1) is 19.9. The molecule has 2 aliphatic rings. The van der Waals surface area contributed by atoms with Gasteiger partial charge >= 0.3 is 0 Å². The smallest absolute Gasteiger partial charge is 0.267 e. The van der Waals surface area contributed by atoms with Crippen LogP contribution >= 0.6 is 0 Å². The Kier molecular flexibility index (Phi) is 5.10. The minimum absolute atomic E-state index is 0.0576. The Labute approximate surface area is 183 Å². The van der Waals surface area contributed by atoms with Crippen molar-refractivity contribution >= 4 is 17.6 Å². The van der Waals surface area contributed by atoms with Crippen molar-refractivity contribution in [3.63, 3.8) is 0 Å². The summed E-state index contributed by atoms with van der Waals surface area (Å²) in [6.07, 6.45) is 6.34. The van der Waals surface area contributed by atoms with Gasteiger partial charge in [-0.05, 0) is 43.5 Å². The first-order valence-corrected chi connectivity index (χ1v) is 10.4.